The lowest BCUT2D eigenvalue weighted by molar-refractivity contribution is -0.144. The second kappa shape index (κ2) is 9.12. The topological polar surface area (TPSA) is 122 Å². The van der Waals surface area contributed by atoms with E-state index in [0.29, 0.717) is 17.9 Å². The van der Waals surface area contributed by atoms with E-state index in [1.54, 1.807) is 30.3 Å². The van der Waals surface area contributed by atoms with Crippen LogP contribution in [0.1, 0.15) is 19.4 Å². The second-order valence-corrected chi connectivity index (χ2v) is 6.52. The van der Waals surface area contributed by atoms with Crippen molar-refractivity contribution in [2.24, 2.45) is 0 Å². The number of imide groups is 2. The lowest BCUT2D eigenvalue weighted by atomic mass is 10.1. The summed E-state index contributed by atoms with van der Waals surface area (Å²) in [4.78, 5) is 49.7. The van der Waals surface area contributed by atoms with E-state index in [1.807, 2.05) is 6.92 Å². The Morgan fingerprint density at radius 2 is 1.81 bits per heavy atom. The van der Waals surface area contributed by atoms with Crippen LogP contribution in [-0.2, 0) is 14.4 Å². The highest BCUT2D eigenvalue weighted by Gasteiger charge is 2.37. The number of benzene rings is 2. The van der Waals surface area contributed by atoms with Crippen LogP contribution in [0.15, 0.2) is 54.1 Å². The number of urea groups is 1. The molecule has 1 heterocycles. The number of hydrogen-bond donors (Lipinski definition) is 2. The first-order chi connectivity index (χ1) is 14.8. The van der Waals surface area contributed by atoms with Gasteiger partial charge in [0, 0.05) is 5.56 Å². The first-order valence-electron chi connectivity index (χ1n) is 9.44. The summed E-state index contributed by atoms with van der Waals surface area (Å²) in [5.41, 5.74) is 0.274. The molecular weight excluding hydrogens is 404 g/mol. The number of barbiturate groups is 1. The number of aliphatic carboxylic acids is 1. The molecule has 4 amide bonds. The van der Waals surface area contributed by atoms with E-state index >= 15 is 0 Å². The molecule has 3 rings (SSSR count). The van der Waals surface area contributed by atoms with Gasteiger partial charge in [-0.1, -0.05) is 18.2 Å². The highest BCUT2D eigenvalue weighted by Crippen LogP contribution is 2.27. The van der Waals surface area contributed by atoms with E-state index in [1.165, 1.54) is 31.2 Å². The molecule has 0 bridgehead atoms. The summed E-state index contributed by atoms with van der Waals surface area (Å²) in [5, 5.41) is 11.2. The van der Waals surface area contributed by atoms with Crippen LogP contribution in [0.4, 0.5) is 10.5 Å². The van der Waals surface area contributed by atoms with Gasteiger partial charge in [-0.05, 0) is 50.3 Å². The van der Waals surface area contributed by atoms with E-state index in [2.05, 4.69) is 5.32 Å². The van der Waals surface area contributed by atoms with Crippen LogP contribution in [0.5, 0.6) is 11.5 Å². The molecule has 9 nitrogen and oxygen atoms in total. The van der Waals surface area contributed by atoms with Gasteiger partial charge in [0.05, 0.1) is 12.3 Å². The number of hydrogen-bond acceptors (Lipinski definition) is 6. The monoisotopic (exact) mass is 424 g/mol. The fourth-order valence-corrected chi connectivity index (χ4v) is 2.85. The van der Waals surface area contributed by atoms with Crippen LogP contribution < -0.4 is 19.7 Å². The number of carbonyl (C=O) groups is 4. The molecule has 1 atom stereocenters. The van der Waals surface area contributed by atoms with Crippen molar-refractivity contribution in [3.63, 3.8) is 0 Å². The van der Waals surface area contributed by atoms with Crippen LogP contribution in [-0.4, -0.2) is 41.6 Å². The van der Waals surface area contributed by atoms with Gasteiger partial charge >= 0.3 is 12.0 Å². The first kappa shape index (κ1) is 21.6. The van der Waals surface area contributed by atoms with Crippen molar-refractivity contribution in [2.45, 2.75) is 20.0 Å². The van der Waals surface area contributed by atoms with Crippen LogP contribution in [0.2, 0.25) is 0 Å². The molecule has 1 aliphatic rings. The van der Waals surface area contributed by atoms with E-state index in [4.69, 9.17) is 14.6 Å². The number of anilines is 1. The van der Waals surface area contributed by atoms with Gasteiger partial charge in [0.25, 0.3) is 11.8 Å². The van der Waals surface area contributed by atoms with Crippen molar-refractivity contribution in [3.05, 3.63) is 59.7 Å². The van der Waals surface area contributed by atoms with E-state index in [0.717, 1.165) is 4.90 Å². The van der Waals surface area contributed by atoms with Crippen LogP contribution in [0.25, 0.3) is 6.08 Å². The highest BCUT2D eigenvalue weighted by atomic mass is 16.5. The maximum absolute atomic E-state index is 13.0. The molecular formula is C22H20N2O7. The third kappa shape index (κ3) is 4.72. The number of nitrogens with zero attached hydrogens (tertiary/aromatic N) is 1. The molecule has 1 unspecified atom stereocenters. The summed E-state index contributed by atoms with van der Waals surface area (Å²) in [6.45, 7) is 3.65. The fraction of sp³-hybridized carbons (Fsp3) is 0.182. The molecule has 2 aromatic rings. The third-order valence-electron chi connectivity index (χ3n) is 4.38. The predicted molar refractivity (Wildman–Crippen MR) is 111 cm³/mol. The lowest BCUT2D eigenvalue weighted by Crippen LogP contribution is -2.54. The van der Waals surface area contributed by atoms with Crippen LogP contribution >= 0.6 is 0 Å². The number of rotatable bonds is 7. The Hall–Kier alpha value is -4.14. The second-order valence-electron chi connectivity index (χ2n) is 6.52. The molecule has 2 N–H and O–H groups in total. The largest absolute Gasteiger partial charge is 0.494 e. The fourth-order valence-electron chi connectivity index (χ4n) is 2.85. The molecule has 0 spiro atoms. The Labute approximate surface area is 177 Å². The molecule has 2 aromatic carbocycles. The average Bonchev–Trinajstić information content (AvgIpc) is 2.73. The van der Waals surface area contributed by atoms with Gasteiger partial charge in [0.1, 0.15) is 17.1 Å². The molecule has 0 aliphatic carbocycles. The van der Waals surface area contributed by atoms with Crippen LogP contribution in [0, 0.1) is 0 Å². The molecule has 160 valence electrons. The first-order valence-corrected chi connectivity index (χ1v) is 9.44. The highest BCUT2D eigenvalue weighted by molar-refractivity contribution is 6.39. The van der Waals surface area contributed by atoms with Gasteiger partial charge in [0.2, 0.25) is 0 Å². The Morgan fingerprint density at radius 1 is 1.13 bits per heavy atom. The molecule has 1 saturated heterocycles. The standard InChI is InChI=1S/C22H20N2O7/c1-3-30-16-10-8-15(9-11-16)24-20(26)17(19(25)23-22(24)29)12-14-6-4-5-7-18(14)31-13(2)21(27)28/h4-13H,3H2,1-2H3,(H,27,28)(H,23,25,29). The Bertz CT molecular complexity index is 1060. The Balaban J connectivity index is 1.95. The van der Waals surface area contributed by atoms with Gasteiger partial charge in [-0.15, -0.1) is 0 Å². The Kier molecular flexibility index (Phi) is 6.35. The zero-order chi connectivity index (χ0) is 22.5. The van der Waals surface area contributed by atoms with E-state index < -0.39 is 29.9 Å². The lowest BCUT2D eigenvalue weighted by Gasteiger charge is -2.26. The molecule has 0 radical (unpaired) electrons. The van der Waals surface area contributed by atoms with Gasteiger partial charge in [-0.2, -0.15) is 0 Å². The van der Waals surface area contributed by atoms with Crippen molar-refractivity contribution in [2.75, 3.05) is 11.5 Å². The third-order valence-corrected chi connectivity index (χ3v) is 4.38. The summed E-state index contributed by atoms with van der Waals surface area (Å²) in [5.74, 6) is -2.10. The van der Waals surface area contributed by atoms with Crippen LogP contribution in [0.3, 0.4) is 0 Å². The minimum atomic E-state index is -1.17. The van der Waals surface area contributed by atoms with E-state index in [9.17, 15) is 19.2 Å². The van der Waals surface area contributed by atoms with Crippen molar-refractivity contribution in [1.82, 2.24) is 5.32 Å². The molecule has 0 aromatic heterocycles. The van der Waals surface area contributed by atoms with E-state index in [-0.39, 0.29) is 17.0 Å². The maximum Gasteiger partial charge on any atom is 0.344 e. The number of ether oxygens (including phenoxy) is 2. The van der Waals surface area contributed by atoms with Crippen molar-refractivity contribution >= 4 is 35.6 Å². The minimum Gasteiger partial charge on any atom is -0.494 e. The number of para-hydroxylation sites is 1. The number of carbonyl (C=O) groups excluding carboxylic acids is 3. The summed E-state index contributed by atoms with van der Waals surface area (Å²) < 4.78 is 10.8. The van der Waals surface area contributed by atoms with Gasteiger partial charge in [0.15, 0.2) is 6.10 Å². The average molecular weight is 424 g/mol. The molecule has 9 heteroatoms. The number of amides is 4. The number of carboxylic acids is 1. The predicted octanol–water partition coefficient (Wildman–Crippen LogP) is 2.60. The smallest absolute Gasteiger partial charge is 0.344 e. The molecule has 1 aliphatic heterocycles. The molecule has 31 heavy (non-hydrogen) atoms. The summed E-state index contributed by atoms with van der Waals surface area (Å²) in [6.07, 6.45) is 0.118. The molecule has 1 fully saturated rings. The number of carboxylic acid groups (broad SMARTS) is 1. The summed E-state index contributed by atoms with van der Waals surface area (Å²) in [7, 11) is 0. The van der Waals surface area contributed by atoms with Gasteiger partial charge in [-0.25, -0.2) is 14.5 Å². The van der Waals surface area contributed by atoms with Gasteiger partial charge in [-0.3, -0.25) is 14.9 Å². The quantitative estimate of drug-likeness (QED) is 0.517. The SMILES string of the molecule is CCOc1ccc(N2C(=O)NC(=O)C(=Cc3ccccc3OC(C)C(=O)O)C2=O)cc1. The van der Waals surface area contributed by atoms with Crippen molar-refractivity contribution < 1.29 is 33.8 Å². The summed E-state index contributed by atoms with van der Waals surface area (Å²) in [6, 6.07) is 11.8. The minimum absolute atomic E-state index is 0.176. The van der Waals surface area contributed by atoms with Crippen molar-refractivity contribution in [1.29, 1.82) is 0 Å². The maximum atomic E-state index is 13.0. The van der Waals surface area contributed by atoms with Crippen molar-refractivity contribution in [3.8, 4) is 11.5 Å². The zero-order valence-electron chi connectivity index (χ0n) is 16.8. The summed E-state index contributed by atoms with van der Waals surface area (Å²) >= 11 is 0. The zero-order valence-corrected chi connectivity index (χ0v) is 16.8. The normalized spacial score (nSPS) is 16.1. The number of nitrogens with one attached hydrogen (secondary N) is 1. The molecule has 0 saturated carbocycles. The van der Waals surface area contributed by atoms with Gasteiger partial charge < -0.3 is 14.6 Å². The Morgan fingerprint density at radius 3 is 2.45 bits per heavy atom.